The summed E-state index contributed by atoms with van der Waals surface area (Å²) in [4.78, 5) is 18.9. The van der Waals surface area contributed by atoms with E-state index in [1.807, 2.05) is 42.1 Å². The van der Waals surface area contributed by atoms with Gasteiger partial charge in [-0.25, -0.2) is 4.98 Å². The van der Waals surface area contributed by atoms with Crippen LogP contribution in [0, 0.1) is 0 Å². The quantitative estimate of drug-likeness (QED) is 0.508. The van der Waals surface area contributed by atoms with Crippen LogP contribution in [0.1, 0.15) is 0 Å². The first-order valence-corrected chi connectivity index (χ1v) is 9.85. The zero-order valence-corrected chi connectivity index (χ0v) is 16.9. The number of aromatic nitrogens is 6. The van der Waals surface area contributed by atoms with Gasteiger partial charge in [0, 0.05) is 40.6 Å². The van der Waals surface area contributed by atoms with Crippen LogP contribution >= 0.6 is 23.4 Å². The Morgan fingerprint density at radius 1 is 1.14 bits per heavy atom. The average molecular weight is 426 g/mol. The van der Waals surface area contributed by atoms with Crippen LogP contribution in [-0.4, -0.2) is 35.7 Å². The fraction of sp³-hybridized carbons (Fsp3) is 0.105. The molecule has 0 aliphatic rings. The highest BCUT2D eigenvalue weighted by atomic mass is 35.5. The lowest BCUT2D eigenvalue weighted by Crippen LogP contribution is -2.20. The van der Waals surface area contributed by atoms with E-state index in [2.05, 4.69) is 25.7 Å². The van der Waals surface area contributed by atoms with E-state index in [-0.39, 0.29) is 12.5 Å². The number of hydrogen-bond acceptors (Lipinski definition) is 6. The van der Waals surface area contributed by atoms with Crippen LogP contribution in [0.2, 0.25) is 5.02 Å². The third-order valence-corrected chi connectivity index (χ3v) is 5.30. The number of carbonyl (C=O) groups is 1. The lowest BCUT2D eigenvalue weighted by molar-refractivity contribution is -0.117. The van der Waals surface area contributed by atoms with Gasteiger partial charge in [-0.2, -0.15) is 4.80 Å². The van der Waals surface area contributed by atoms with E-state index in [0.717, 1.165) is 15.6 Å². The number of imidazole rings is 1. The molecule has 0 fully saturated rings. The molecule has 29 heavy (non-hydrogen) atoms. The standard InChI is InChI=1S/C19H16ClN7OS/c1-26-11-10-21-19(26)29-16-8-6-15(7-9-16)22-17(28)12-27-24-18(23-25-27)13-2-4-14(20)5-3-13/h2-11H,12H2,1H3,(H,22,28). The largest absolute Gasteiger partial charge is 0.329 e. The van der Waals surface area contributed by atoms with Gasteiger partial charge >= 0.3 is 0 Å². The predicted octanol–water partition coefficient (Wildman–Crippen LogP) is 3.52. The molecule has 4 aromatic rings. The number of carbonyl (C=O) groups excluding carboxylic acids is 1. The maximum atomic E-state index is 12.3. The number of hydrogen-bond donors (Lipinski definition) is 1. The van der Waals surface area contributed by atoms with E-state index < -0.39 is 0 Å². The lowest BCUT2D eigenvalue weighted by atomic mass is 10.2. The molecule has 10 heteroatoms. The van der Waals surface area contributed by atoms with Crippen molar-refractivity contribution in [2.75, 3.05) is 5.32 Å². The summed E-state index contributed by atoms with van der Waals surface area (Å²) >= 11 is 7.43. The van der Waals surface area contributed by atoms with Crippen molar-refractivity contribution >= 4 is 35.0 Å². The van der Waals surface area contributed by atoms with Crippen LogP contribution in [-0.2, 0) is 18.4 Å². The van der Waals surface area contributed by atoms with E-state index >= 15 is 0 Å². The monoisotopic (exact) mass is 425 g/mol. The summed E-state index contributed by atoms with van der Waals surface area (Å²) in [7, 11) is 1.94. The Bertz CT molecular complexity index is 1120. The van der Waals surface area contributed by atoms with Crippen LogP contribution in [0.25, 0.3) is 11.4 Å². The highest BCUT2D eigenvalue weighted by molar-refractivity contribution is 7.99. The summed E-state index contributed by atoms with van der Waals surface area (Å²) in [5.74, 6) is 0.194. The number of amides is 1. The lowest BCUT2D eigenvalue weighted by Gasteiger charge is -2.06. The minimum absolute atomic E-state index is 0.0373. The van der Waals surface area contributed by atoms with E-state index in [1.165, 1.54) is 4.80 Å². The molecule has 0 bridgehead atoms. The van der Waals surface area contributed by atoms with Crippen molar-refractivity contribution in [3.8, 4) is 11.4 Å². The van der Waals surface area contributed by atoms with Crippen molar-refractivity contribution in [3.05, 3.63) is 65.9 Å². The first-order chi connectivity index (χ1) is 14.1. The normalized spacial score (nSPS) is 10.8. The second-order valence-corrected chi connectivity index (χ2v) is 7.62. The van der Waals surface area contributed by atoms with Gasteiger partial charge in [-0.05, 0) is 53.7 Å². The molecule has 1 amide bonds. The Labute approximate surface area is 175 Å². The molecule has 0 unspecified atom stereocenters. The molecule has 1 N–H and O–H groups in total. The molecule has 0 aliphatic heterocycles. The molecule has 0 aliphatic carbocycles. The number of halogens is 1. The summed E-state index contributed by atoms with van der Waals surface area (Å²) in [6.07, 6.45) is 3.65. The minimum Gasteiger partial charge on any atom is -0.329 e. The molecule has 4 rings (SSSR count). The van der Waals surface area contributed by atoms with Gasteiger partial charge in [0.25, 0.3) is 0 Å². The predicted molar refractivity (Wildman–Crippen MR) is 111 cm³/mol. The van der Waals surface area contributed by atoms with Gasteiger partial charge in [0.2, 0.25) is 11.7 Å². The highest BCUT2D eigenvalue weighted by Crippen LogP contribution is 2.26. The maximum absolute atomic E-state index is 12.3. The third kappa shape index (κ3) is 4.82. The van der Waals surface area contributed by atoms with Crippen molar-refractivity contribution in [1.29, 1.82) is 0 Å². The second kappa shape index (κ2) is 8.46. The Hall–Kier alpha value is -3.17. The number of nitrogens with one attached hydrogen (secondary N) is 1. The SMILES string of the molecule is Cn1ccnc1Sc1ccc(NC(=O)Cn2nnc(-c3ccc(Cl)cc3)n2)cc1. The molecule has 0 saturated heterocycles. The summed E-state index contributed by atoms with van der Waals surface area (Å²) in [5.41, 5.74) is 1.47. The fourth-order valence-corrected chi connectivity index (χ4v) is 3.44. The van der Waals surface area contributed by atoms with Crippen LogP contribution in [0.15, 0.2) is 71.0 Å². The molecule has 0 spiro atoms. The molecule has 146 valence electrons. The summed E-state index contributed by atoms with van der Waals surface area (Å²) < 4.78 is 1.95. The number of rotatable bonds is 6. The van der Waals surface area contributed by atoms with E-state index in [4.69, 9.17) is 11.6 Å². The van der Waals surface area contributed by atoms with Gasteiger partial charge in [0.15, 0.2) is 5.16 Å². The molecule has 8 nitrogen and oxygen atoms in total. The molecular weight excluding hydrogens is 410 g/mol. The van der Waals surface area contributed by atoms with Crippen molar-refractivity contribution < 1.29 is 4.79 Å². The smallest absolute Gasteiger partial charge is 0.248 e. The van der Waals surface area contributed by atoms with Gasteiger partial charge < -0.3 is 9.88 Å². The molecule has 2 aromatic heterocycles. The van der Waals surface area contributed by atoms with Crippen LogP contribution in [0.3, 0.4) is 0 Å². The van der Waals surface area contributed by atoms with E-state index in [1.54, 1.807) is 42.2 Å². The molecule has 2 aromatic carbocycles. The van der Waals surface area contributed by atoms with Crippen LogP contribution < -0.4 is 5.32 Å². The average Bonchev–Trinajstić information content (AvgIpc) is 3.33. The summed E-state index contributed by atoms with van der Waals surface area (Å²) in [6.45, 7) is -0.0373. The topological polar surface area (TPSA) is 90.5 Å². The number of aryl methyl sites for hydroxylation is 1. The summed E-state index contributed by atoms with van der Waals surface area (Å²) in [6, 6.07) is 14.7. The van der Waals surface area contributed by atoms with Gasteiger partial charge in [-0.1, -0.05) is 23.4 Å². The van der Waals surface area contributed by atoms with Crippen molar-refractivity contribution in [3.63, 3.8) is 0 Å². The number of benzene rings is 2. The van der Waals surface area contributed by atoms with Gasteiger partial charge in [0.05, 0.1) is 0 Å². The van der Waals surface area contributed by atoms with E-state index in [9.17, 15) is 4.79 Å². The molecule has 2 heterocycles. The zero-order chi connectivity index (χ0) is 20.2. The Balaban J connectivity index is 1.35. The Kier molecular flexibility index (Phi) is 5.59. The molecule has 0 saturated carbocycles. The maximum Gasteiger partial charge on any atom is 0.248 e. The van der Waals surface area contributed by atoms with Gasteiger partial charge in [-0.15, -0.1) is 10.2 Å². The number of nitrogens with zero attached hydrogens (tertiary/aromatic N) is 6. The molecule has 0 radical (unpaired) electrons. The van der Waals surface area contributed by atoms with Crippen molar-refractivity contribution in [2.24, 2.45) is 7.05 Å². The van der Waals surface area contributed by atoms with Crippen LogP contribution in [0.4, 0.5) is 5.69 Å². The first kappa shape index (κ1) is 19.2. The number of anilines is 1. The second-order valence-electron chi connectivity index (χ2n) is 6.15. The first-order valence-electron chi connectivity index (χ1n) is 8.66. The molecule has 0 atom stereocenters. The van der Waals surface area contributed by atoms with Gasteiger partial charge in [-0.3, -0.25) is 4.79 Å². The van der Waals surface area contributed by atoms with Gasteiger partial charge in [0.1, 0.15) is 6.54 Å². The summed E-state index contributed by atoms with van der Waals surface area (Å²) in [5, 5.41) is 16.5. The molecular formula is C19H16ClN7OS. The van der Waals surface area contributed by atoms with E-state index in [0.29, 0.717) is 16.5 Å². The van der Waals surface area contributed by atoms with Crippen LogP contribution in [0.5, 0.6) is 0 Å². The fourth-order valence-electron chi connectivity index (χ4n) is 2.52. The highest BCUT2D eigenvalue weighted by Gasteiger charge is 2.10. The van der Waals surface area contributed by atoms with Crippen molar-refractivity contribution in [1.82, 2.24) is 29.8 Å². The Morgan fingerprint density at radius 3 is 2.59 bits per heavy atom. The number of tetrazole rings is 1. The third-order valence-electron chi connectivity index (χ3n) is 3.96. The van der Waals surface area contributed by atoms with Crippen molar-refractivity contribution in [2.45, 2.75) is 16.6 Å². The zero-order valence-electron chi connectivity index (χ0n) is 15.4. The Morgan fingerprint density at radius 2 is 1.90 bits per heavy atom. The minimum atomic E-state index is -0.241.